The first kappa shape index (κ1) is 13.4. The van der Waals surface area contributed by atoms with Crippen molar-refractivity contribution in [2.75, 3.05) is 25.1 Å². The molecule has 1 atom stereocenters. The molecular formula is C9H18N2O4S. The van der Waals surface area contributed by atoms with Crippen molar-refractivity contribution in [1.82, 2.24) is 4.90 Å². The average Bonchev–Trinajstić information content (AvgIpc) is 2.07. The maximum Gasteiger partial charge on any atom is 0.239 e. The Kier molecular flexibility index (Phi) is 3.61. The van der Waals surface area contributed by atoms with E-state index in [9.17, 15) is 18.3 Å². The number of aliphatic hydroxyl groups is 1. The van der Waals surface area contributed by atoms with E-state index in [0.29, 0.717) is 0 Å². The van der Waals surface area contributed by atoms with Crippen molar-refractivity contribution in [3.05, 3.63) is 0 Å². The van der Waals surface area contributed by atoms with Gasteiger partial charge in [-0.2, -0.15) is 0 Å². The van der Waals surface area contributed by atoms with Crippen LogP contribution >= 0.6 is 0 Å². The molecule has 1 heterocycles. The van der Waals surface area contributed by atoms with Gasteiger partial charge < -0.3 is 15.7 Å². The summed E-state index contributed by atoms with van der Waals surface area (Å²) in [6.07, 6.45) is 1.23. The minimum absolute atomic E-state index is 0.0931. The van der Waals surface area contributed by atoms with E-state index in [4.69, 9.17) is 5.73 Å². The lowest BCUT2D eigenvalue weighted by atomic mass is 9.96. The third-order valence-corrected chi connectivity index (χ3v) is 3.47. The lowest BCUT2D eigenvalue weighted by molar-refractivity contribution is -0.153. The van der Waals surface area contributed by atoms with E-state index in [1.807, 2.05) is 0 Å². The molecule has 1 amide bonds. The van der Waals surface area contributed by atoms with E-state index in [1.54, 1.807) is 6.92 Å². The van der Waals surface area contributed by atoms with Gasteiger partial charge in [-0.3, -0.25) is 4.79 Å². The van der Waals surface area contributed by atoms with Crippen molar-refractivity contribution in [3.63, 3.8) is 0 Å². The smallest absolute Gasteiger partial charge is 0.239 e. The highest BCUT2D eigenvalue weighted by molar-refractivity contribution is 7.90. The first-order valence-electron chi connectivity index (χ1n) is 5.05. The normalized spacial score (nSPS) is 21.4. The van der Waals surface area contributed by atoms with Crippen molar-refractivity contribution in [2.45, 2.75) is 25.0 Å². The topological polar surface area (TPSA) is 101 Å². The minimum Gasteiger partial charge on any atom is -0.386 e. The van der Waals surface area contributed by atoms with Crippen LogP contribution in [0.2, 0.25) is 0 Å². The SMILES string of the molecule is CC1(O)CN(C(=O)C(N)CCS(C)(=O)=O)C1. The van der Waals surface area contributed by atoms with Crippen LogP contribution in [0.15, 0.2) is 0 Å². The van der Waals surface area contributed by atoms with Crippen LogP contribution in [-0.4, -0.2) is 61.1 Å². The fourth-order valence-corrected chi connectivity index (χ4v) is 2.31. The molecule has 7 heteroatoms. The Labute approximate surface area is 95.3 Å². The lowest BCUT2D eigenvalue weighted by Crippen LogP contribution is -2.64. The molecule has 94 valence electrons. The summed E-state index contributed by atoms with van der Waals surface area (Å²) >= 11 is 0. The number of sulfone groups is 1. The fraction of sp³-hybridized carbons (Fsp3) is 0.889. The monoisotopic (exact) mass is 250 g/mol. The van der Waals surface area contributed by atoms with Crippen molar-refractivity contribution in [2.24, 2.45) is 5.73 Å². The van der Waals surface area contributed by atoms with Crippen LogP contribution in [0.4, 0.5) is 0 Å². The summed E-state index contributed by atoms with van der Waals surface area (Å²) in [5, 5.41) is 9.44. The van der Waals surface area contributed by atoms with Gasteiger partial charge in [0.15, 0.2) is 0 Å². The molecule has 1 aliphatic heterocycles. The molecule has 6 nitrogen and oxygen atoms in total. The molecule has 0 aromatic heterocycles. The summed E-state index contributed by atoms with van der Waals surface area (Å²) in [6.45, 7) is 2.16. The number of amides is 1. The van der Waals surface area contributed by atoms with E-state index >= 15 is 0 Å². The molecular weight excluding hydrogens is 232 g/mol. The fourth-order valence-electron chi connectivity index (χ4n) is 1.63. The van der Waals surface area contributed by atoms with Crippen molar-refractivity contribution < 1.29 is 18.3 Å². The zero-order chi connectivity index (χ0) is 12.6. The van der Waals surface area contributed by atoms with Crippen LogP contribution in [0.5, 0.6) is 0 Å². The first-order valence-corrected chi connectivity index (χ1v) is 7.11. The minimum atomic E-state index is -3.09. The van der Waals surface area contributed by atoms with Gasteiger partial charge in [-0.25, -0.2) is 8.42 Å². The maximum absolute atomic E-state index is 11.6. The van der Waals surface area contributed by atoms with E-state index in [0.717, 1.165) is 6.26 Å². The zero-order valence-electron chi connectivity index (χ0n) is 9.51. The van der Waals surface area contributed by atoms with Gasteiger partial charge in [0.25, 0.3) is 0 Å². The van der Waals surface area contributed by atoms with Crippen LogP contribution < -0.4 is 5.73 Å². The van der Waals surface area contributed by atoms with Crippen LogP contribution in [-0.2, 0) is 14.6 Å². The third kappa shape index (κ3) is 3.73. The van der Waals surface area contributed by atoms with Crippen molar-refractivity contribution in [1.29, 1.82) is 0 Å². The Bertz CT molecular complexity index is 369. The molecule has 1 aliphatic rings. The Hall–Kier alpha value is -0.660. The van der Waals surface area contributed by atoms with Gasteiger partial charge in [0.2, 0.25) is 5.91 Å². The molecule has 1 unspecified atom stereocenters. The molecule has 16 heavy (non-hydrogen) atoms. The highest BCUT2D eigenvalue weighted by Crippen LogP contribution is 2.20. The quantitative estimate of drug-likeness (QED) is 0.622. The van der Waals surface area contributed by atoms with Crippen LogP contribution in [0.3, 0.4) is 0 Å². The summed E-state index contributed by atoms with van der Waals surface area (Å²) in [5.41, 5.74) is 4.76. The second-order valence-corrected chi connectivity index (χ2v) is 6.98. The summed E-state index contributed by atoms with van der Waals surface area (Å²) in [5.74, 6) is -0.389. The molecule has 0 aliphatic carbocycles. The van der Waals surface area contributed by atoms with Crippen molar-refractivity contribution in [3.8, 4) is 0 Å². The second-order valence-electron chi connectivity index (χ2n) is 4.72. The molecule has 0 spiro atoms. The molecule has 1 rings (SSSR count). The largest absolute Gasteiger partial charge is 0.386 e. The molecule has 0 aromatic rings. The maximum atomic E-state index is 11.6. The average molecular weight is 250 g/mol. The van der Waals surface area contributed by atoms with Gasteiger partial charge >= 0.3 is 0 Å². The number of nitrogens with two attached hydrogens (primary N) is 1. The molecule has 0 saturated carbocycles. The van der Waals surface area contributed by atoms with Crippen LogP contribution in [0, 0.1) is 0 Å². The van der Waals surface area contributed by atoms with E-state index in [-0.39, 0.29) is 31.2 Å². The summed E-state index contributed by atoms with van der Waals surface area (Å²) in [4.78, 5) is 13.1. The Morgan fingerprint density at radius 1 is 1.56 bits per heavy atom. The first-order chi connectivity index (χ1) is 7.11. The Morgan fingerprint density at radius 3 is 2.44 bits per heavy atom. The van der Waals surface area contributed by atoms with E-state index in [1.165, 1.54) is 4.90 Å². The number of rotatable bonds is 4. The predicted molar refractivity (Wildman–Crippen MR) is 59.5 cm³/mol. The predicted octanol–water partition coefficient (Wildman–Crippen LogP) is -1.66. The van der Waals surface area contributed by atoms with Crippen LogP contribution in [0.1, 0.15) is 13.3 Å². The number of nitrogens with zero attached hydrogens (tertiary/aromatic N) is 1. The number of hydrogen-bond acceptors (Lipinski definition) is 5. The van der Waals surface area contributed by atoms with Gasteiger partial charge in [-0.15, -0.1) is 0 Å². The van der Waals surface area contributed by atoms with Gasteiger partial charge in [0.05, 0.1) is 30.5 Å². The van der Waals surface area contributed by atoms with Gasteiger partial charge in [0.1, 0.15) is 9.84 Å². The molecule has 0 radical (unpaired) electrons. The van der Waals surface area contributed by atoms with Crippen molar-refractivity contribution >= 4 is 15.7 Å². The number of carbonyl (C=O) groups excluding carboxylic acids is 1. The number of hydrogen-bond donors (Lipinski definition) is 2. The number of carbonyl (C=O) groups is 1. The molecule has 3 N–H and O–H groups in total. The Morgan fingerprint density at radius 2 is 2.06 bits per heavy atom. The summed E-state index contributed by atoms with van der Waals surface area (Å²) in [6, 6.07) is -0.800. The lowest BCUT2D eigenvalue weighted by Gasteiger charge is -2.45. The third-order valence-electron chi connectivity index (χ3n) is 2.49. The van der Waals surface area contributed by atoms with E-state index < -0.39 is 21.5 Å². The standard InChI is InChI=1S/C9H18N2O4S/c1-9(13)5-11(6-9)8(12)7(10)3-4-16(2,14)15/h7,13H,3-6,10H2,1-2H3. The summed E-state index contributed by atoms with van der Waals surface area (Å²) in [7, 11) is -3.09. The zero-order valence-corrected chi connectivity index (χ0v) is 10.3. The second kappa shape index (κ2) is 4.31. The van der Waals surface area contributed by atoms with Gasteiger partial charge in [0, 0.05) is 6.26 Å². The van der Waals surface area contributed by atoms with Gasteiger partial charge in [-0.05, 0) is 13.3 Å². The number of likely N-dealkylation sites (tertiary alicyclic amines) is 1. The highest BCUT2D eigenvalue weighted by atomic mass is 32.2. The molecule has 0 aromatic carbocycles. The van der Waals surface area contributed by atoms with E-state index in [2.05, 4.69) is 0 Å². The number of β-amino-alcohol motifs (C(OH)–C–C–N with tert-alkyl or cyclic N) is 1. The molecule has 0 bridgehead atoms. The highest BCUT2D eigenvalue weighted by Gasteiger charge is 2.40. The van der Waals surface area contributed by atoms with Crippen LogP contribution in [0.25, 0.3) is 0 Å². The Balaban J connectivity index is 2.38. The van der Waals surface area contributed by atoms with Gasteiger partial charge in [-0.1, -0.05) is 0 Å². The molecule has 1 saturated heterocycles. The summed E-state index contributed by atoms with van der Waals surface area (Å²) < 4.78 is 21.8. The molecule has 1 fully saturated rings.